The van der Waals surface area contributed by atoms with Gasteiger partial charge in [-0.05, 0) is 25.3 Å². The predicted octanol–water partition coefficient (Wildman–Crippen LogP) is 1.78. The molecule has 2 rings (SSSR count). The minimum atomic E-state index is -1.10. The van der Waals surface area contributed by atoms with Gasteiger partial charge in [-0.3, -0.25) is 0 Å². The number of alkyl halides is 1. The fourth-order valence-electron chi connectivity index (χ4n) is 2.06. The third-order valence-corrected chi connectivity index (χ3v) is 3.11. The molecule has 1 saturated heterocycles. The van der Waals surface area contributed by atoms with Crippen molar-refractivity contribution in [3.05, 3.63) is 12.3 Å². The van der Waals surface area contributed by atoms with Crippen LogP contribution in [0.4, 0.5) is 16.2 Å². The Bertz CT molecular complexity index is 371. The largest absolute Gasteiger partial charge is 0.384 e. The summed E-state index contributed by atoms with van der Waals surface area (Å²) in [6, 6.07) is 1.63. The SMILES string of the molecule is CC[C@@]1(F)CCCN(c2nccc(N)n2)C1. The molecule has 4 nitrogen and oxygen atoms in total. The third kappa shape index (κ3) is 2.23. The Hall–Kier alpha value is -1.39. The summed E-state index contributed by atoms with van der Waals surface area (Å²) in [6.07, 6.45) is 3.61. The zero-order chi connectivity index (χ0) is 11.6. The lowest BCUT2D eigenvalue weighted by molar-refractivity contribution is 0.130. The van der Waals surface area contributed by atoms with Crippen LogP contribution in [0.25, 0.3) is 0 Å². The number of piperidine rings is 1. The van der Waals surface area contributed by atoms with E-state index in [9.17, 15) is 4.39 Å². The zero-order valence-corrected chi connectivity index (χ0v) is 9.49. The number of hydrogen-bond acceptors (Lipinski definition) is 4. The predicted molar refractivity (Wildman–Crippen MR) is 62.0 cm³/mol. The summed E-state index contributed by atoms with van der Waals surface area (Å²) in [5, 5.41) is 0. The van der Waals surface area contributed by atoms with Gasteiger partial charge in [0.05, 0.1) is 6.54 Å². The van der Waals surface area contributed by atoms with Gasteiger partial charge < -0.3 is 10.6 Å². The maximum absolute atomic E-state index is 14.2. The summed E-state index contributed by atoms with van der Waals surface area (Å²) < 4.78 is 14.2. The molecule has 0 aromatic carbocycles. The van der Waals surface area contributed by atoms with Crippen molar-refractivity contribution >= 4 is 11.8 Å². The molecule has 1 atom stereocenters. The van der Waals surface area contributed by atoms with Crippen LogP contribution in [0.5, 0.6) is 0 Å². The van der Waals surface area contributed by atoms with Crippen molar-refractivity contribution in [2.24, 2.45) is 0 Å². The highest BCUT2D eigenvalue weighted by molar-refractivity contribution is 5.38. The second-order valence-corrected chi connectivity index (χ2v) is 4.31. The highest BCUT2D eigenvalue weighted by atomic mass is 19.1. The van der Waals surface area contributed by atoms with Crippen LogP contribution in [0, 0.1) is 0 Å². The van der Waals surface area contributed by atoms with E-state index in [-0.39, 0.29) is 0 Å². The Morgan fingerprint density at radius 2 is 2.44 bits per heavy atom. The summed E-state index contributed by atoms with van der Waals surface area (Å²) in [5.41, 5.74) is 4.49. The van der Waals surface area contributed by atoms with Crippen molar-refractivity contribution in [2.45, 2.75) is 31.9 Å². The van der Waals surface area contributed by atoms with E-state index in [2.05, 4.69) is 9.97 Å². The molecule has 1 aromatic heterocycles. The van der Waals surface area contributed by atoms with E-state index < -0.39 is 5.67 Å². The quantitative estimate of drug-likeness (QED) is 0.832. The highest BCUT2D eigenvalue weighted by Gasteiger charge is 2.34. The van der Waals surface area contributed by atoms with Crippen LogP contribution < -0.4 is 10.6 Å². The van der Waals surface area contributed by atoms with Crippen molar-refractivity contribution in [3.63, 3.8) is 0 Å². The minimum absolute atomic E-state index is 0.368. The highest BCUT2D eigenvalue weighted by Crippen LogP contribution is 2.29. The van der Waals surface area contributed by atoms with Gasteiger partial charge >= 0.3 is 0 Å². The van der Waals surface area contributed by atoms with Gasteiger partial charge in [-0.1, -0.05) is 6.92 Å². The zero-order valence-electron chi connectivity index (χ0n) is 9.49. The smallest absolute Gasteiger partial charge is 0.227 e. The molecule has 88 valence electrons. The molecule has 2 N–H and O–H groups in total. The molecule has 1 aromatic rings. The molecule has 0 unspecified atom stereocenters. The first-order valence-electron chi connectivity index (χ1n) is 5.65. The molecule has 16 heavy (non-hydrogen) atoms. The molecule has 1 fully saturated rings. The van der Waals surface area contributed by atoms with Gasteiger partial charge in [-0.2, -0.15) is 4.98 Å². The number of nitrogens with two attached hydrogens (primary N) is 1. The van der Waals surface area contributed by atoms with Gasteiger partial charge in [-0.15, -0.1) is 0 Å². The Morgan fingerprint density at radius 1 is 1.62 bits per heavy atom. The summed E-state index contributed by atoms with van der Waals surface area (Å²) in [5.74, 6) is 0.965. The van der Waals surface area contributed by atoms with Gasteiger partial charge in [0, 0.05) is 12.7 Å². The van der Waals surface area contributed by atoms with Crippen molar-refractivity contribution < 1.29 is 4.39 Å². The maximum atomic E-state index is 14.2. The summed E-state index contributed by atoms with van der Waals surface area (Å²) in [7, 11) is 0. The Labute approximate surface area is 94.7 Å². The van der Waals surface area contributed by atoms with Crippen LogP contribution in [0.2, 0.25) is 0 Å². The van der Waals surface area contributed by atoms with Gasteiger partial charge in [-0.25, -0.2) is 9.37 Å². The van der Waals surface area contributed by atoms with Crippen molar-refractivity contribution in [2.75, 3.05) is 23.7 Å². The summed E-state index contributed by atoms with van der Waals surface area (Å²) in [4.78, 5) is 10.1. The van der Waals surface area contributed by atoms with Gasteiger partial charge in [0.25, 0.3) is 0 Å². The van der Waals surface area contributed by atoms with E-state index in [0.717, 1.165) is 13.0 Å². The van der Waals surface area contributed by atoms with Crippen molar-refractivity contribution in [1.29, 1.82) is 0 Å². The molecule has 0 aliphatic carbocycles. The van der Waals surface area contributed by atoms with E-state index in [1.54, 1.807) is 12.3 Å². The van der Waals surface area contributed by atoms with E-state index in [1.165, 1.54) is 0 Å². The molecule has 5 heteroatoms. The molecule has 0 amide bonds. The fourth-order valence-corrected chi connectivity index (χ4v) is 2.06. The first-order valence-corrected chi connectivity index (χ1v) is 5.65. The first-order chi connectivity index (χ1) is 7.63. The van der Waals surface area contributed by atoms with E-state index in [4.69, 9.17) is 5.73 Å². The number of halogens is 1. The standard InChI is InChI=1S/C11H17FN4/c1-2-11(12)5-3-7-16(8-11)10-14-6-4-9(13)15-10/h4,6H,2-3,5,7-8H2,1H3,(H2,13,14,15)/t11-/m1/s1. The normalized spacial score (nSPS) is 25.8. The Kier molecular flexibility index (Phi) is 2.94. The monoisotopic (exact) mass is 224 g/mol. The number of nitrogens with zero attached hydrogens (tertiary/aromatic N) is 3. The number of anilines is 2. The molecule has 0 saturated carbocycles. The summed E-state index contributed by atoms with van der Waals surface area (Å²) in [6.45, 7) is 3.05. The van der Waals surface area contributed by atoms with Gasteiger partial charge in [0.2, 0.25) is 5.95 Å². The van der Waals surface area contributed by atoms with E-state index >= 15 is 0 Å². The first kappa shape index (κ1) is 11.1. The van der Waals surface area contributed by atoms with Crippen LogP contribution >= 0.6 is 0 Å². The van der Waals surface area contributed by atoms with Crippen LogP contribution in [0.3, 0.4) is 0 Å². The number of aromatic nitrogens is 2. The lowest BCUT2D eigenvalue weighted by Gasteiger charge is -2.36. The molecule has 0 radical (unpaired) electrons. The average Bonchev–Trinajstić information content (AvgIpc) is 2.29. The Balaban J connectivity index is 2.16. The molecule has 1 aliphatic rings. The van der Waals surface area contributed by atoms with Crippen LogP contribution in [-0.4, -0.2) is 28.7 Å². The molecular weight excluding hydrogens is 207 g/mol. The lowest BCUT2D eigenvalue weighted by Crippen LogP contribution is -2.45. The number of hydrogen-bond donors (Lipinski definition) is 1. The molecule has 0 spiro atoms. The van der Waals surface area contributed by atoms with Gasteiger partial charge in [0.15, 0.2) is 0 Å². The van der Waals surface area contributed by atoms with E-state index in [0.29, 0.717) is 31.2 Å². The summed E-state index contributed by atoms with van der Waals surface area (Å²) >= 11 is 0. The fraction of sp³-hybridized carbons (Fsp3) is 0.636. The third-order valence-electron chi connectivity index (χ3n) is 3.11. The molecule has 2 heterocycles. The second kappa shape index (κ2) is 4.23. The van der Waals surface area contributed by atoms with E-state index in [1.807, 2.05) is 11.8 Å². The second-order valence-electron chi connectivity index (χ2n) is 4.31. The van der Waals surface area contributed by atoms with Crippen molar-refractivity contribution in [1.82, 2.24) is 9.97 Å². The number of rotatable bonds is 2. The van der Waals surface area contributed by atoms with Crippen LogP contribution in [0.15, 0.2) is 12.3 Å². The average molecular weight is 224 g/mol. The van der Waals surface area contributed by atoms with Crippen LogP contribution in [0.1, 0.15) is 26.2 Å². The Morgan fingerprint density at radius 3 is 3.12 bits per heavy atom. The minimum Gasteiger partial charge on any atom is -0.384 e. The topological polar surface area (TPSA) is 55.0 Å². The van der Waals surface area contributed by atoms with Gasteiger partial charge in [0.1, 0.15) is 11.5 Å². The van der Waals surface area contributed by atoms with Crippen LogP contribution in [-0.2, 0) is 0 Å². The molecule has 0 bridgehead atoms. The van der Waals surface area contributed by atoms with Crippen molar-refractivity contribution in [3.8, 4) is 0 Å². The maximum Gasteiger partial charge on any atom is 0.227 e. The molecule has 1 aliphatic heterocycles. The number of nitrogen functional groups attached to an aromatic ring is 1. The lowest BCUT2D eigenvalue weighted by atomic mass is 9.92. The molecular formula is C11H17FN4.